The second-order valence-corrected chi connectivity index (χ2v) is 12.7. The minimum Gasteiger partial charge on any atom is -0.481 e. The summed E-state index contributed by atoms with van der Waals surface area (Å²) in [4.78, 5) is 57.3. The molecule has 1 aromatic heterocycles. The molecule has 0 radical (unpaired) electrons. The zero-order valence-electron chi connectivity index (χ0n) is 25.3. The Bertz CT molecular complexity index is 1280. The van der Waals surface area contributed by atoms with Gasteiger partial charge in [-0.05, 0) is 50.7 Å². The maximum atomic E-state index is 13.4. The first-order valence-corrected chi connectivity index (χ1v) is 15.3. The highest BCUT2D eigenvalue weighted by Gasteiger charge is 2.41. The van der Waals surface area contributed by atoms with Crippen LogP contribution in [0.4, 0.5) is 0 Å². The normalized spacial score (nSPS) is 19.5. The predicted octanol–water partition coefficient (Wildman–Crippen LogP) is 1.78. The Balaban J connectivity index is 1.60. The number of aryl methyl sites for hydroxylation is 1. The van der Waals surface area contributed by atoms with E-state index in [-0.39, 0.29) is 38.3 Å². The van der Waals surface area contributed by atoms with Gasteiger partial charge in [0.05, 0.1) is 28.2 Å². The number of likely N-dealkylation sites (tertiary alicyclic amines) is 1. The fraction of sp³-hybridized carbons (Fsp3) is 0.567. The molecule has 0 saturated carbocycles. The van der Waals surface area contributed by atoms with E-state index in [4.69, 9.17) is 5.11 Å². The Hall–Kier alpha value is -3.39. The lowest BCUT2D eigenvalue weighted by atomic mass is 10.00. The van der Waals surface area contributed by atoms with E-state index in [0.717, 1.165) is 21.7 Å². The lowest BCUT2D eigenvalue weighted by Crippen LogP contribution is -2.58. The van der Waals surface area contributed by atoms with Crippen molar-refractivity contribution in [3.8, 4) is 10.4 Å². The smallest absolute Gasteiger partial charge is 0.303 e. The van der Waals surface area contributed by atoms with Gasteiger partial charge in [0.1, 0.15) is 17.8 Å². The van der Waals surface area contributed by atoms with E-state index in [1.54, 1.807) is 16.8 Å². The summed E-state index contributed by atoms with van der Waals surface area (Å²) in [5.41, 5.74) is 3.04. The molecule has 2 aromatic rings. The summed E-state index contributed by atoms with van der Waals surface area (Å²) >= 11 is 1.56. The van der Waals surface area contributed by atoms with Gasteiger partial charge in [-0.25, -0.2) is 4.98 Å². The minimum atomic E-state index is -1.62. The molecule has 6 N–H and O–H groups in total. The van der Waals surface area contributed by atoms with Crippen LogP contribution in [0.2, 0.25) is 0 Å². The second kappa shape index (κ2) is 14.9. The number of carbonyl (C=O) groups is 4. The zero-order chi connectivity index (χ0) is 31.9. The summed E-state index contributed by atoms with van der Waals surface area (Å²) in [6.07, 6.45) is -0.884. The number of thiazole rings is 1. The Labute approximate surface area is 255 Å². The summed E-state index contributed by atoms with van der Waals surface area (Å²) in [5.74, 6) is -2.48. The van der Waals surface area contributed by atoms with Gasteiger partial charge in [-0.15, -0.1) is 11.3 Å². The van der Waals surface area contributed by atoms with E-state index in [2.05, 4.69) is 20.9 Å². The topological polar surface area (TPSA) is 181 Å². The number of β-amino-alcohol motifs (C(OH)–C–C–N with tert-alkyl or cyclic N) is 1. The third-order valence-corrected chi connectivity index (χ3v) is 8.33. The molecule has 1 aromatic carbocycles. The molecule has 0 bridgehead atoms. The molecule has 1 fully saturated rings. The van der Waals surface area contributed by atoms with Gasteiger partial charge in [-0.1, -0.05) is 38.1 Å². The lowest BCUT2D eigenvalue weighted by molar-refractivity contribution is -0.142. The molecule has 5 unspecified atom stereocenters. The summed E-state index contributed by atoms with van der Waals surface area (Å²) in [7, 11) is 0. The summed E-state index contributed by atoms with van der Waals surface area (Å²) in [6, 6.07) is 4.95. The average molecular weight is 618 g/mol. The Morgan fingerprint density at radius 3 is 2.42 bits per heavy atom. The number of carboxylic acid groups (broad SMARTS) is 1. The average Bonchev–Trinajstić information content (AvgIpc) is 3.55. The highest BCUT2D eigenvalue weighted by atomic mass is 32.1. The monoisotopic (exact) mass is 617 g/mol. The lowest BCUT2D eigenvalue weighted by Gasteiger charge is -2.32. The molecular weight excluding hydrogens is 574 g/mol. The number of amides is 3. The fourth-order valence-electron chi connectivity index (χ4n) is 5.09. The molecule has 1 saturated heterocycles. The van der Waals surface area contributed by atoms with Gasteiger partial charge in [-0.2, -0.15) is 0 Å². The molecule has 12 nitrogen and oxygen atoms in total. The van der Waals surface area contributed by atoms with Crippen molar-refractivity contribution in [1.29, 1.82) is 0 Å². The molecular formula is C30H43N5O7S. The maximum Gasteiger partial charge on any atom is 0.303 e. The number of aromatic nitrogens is 1. The largest absolute Gasteiger partial charge is 0.481 e. The summed E-state index contributed by atoms with van der Waals surface area (Å²) in [6.45, 7) is 8.84. The molecule has 0 aliphatic carbocycles. The SMILES string of the molecule is Cc1ncsc1-c1ccc(CNC(=O)C2CC(O)CN2C(=O)C(C)NC(=O)C(CC(C)C)NC(C)(O)CCC(=O)O)cc1. The zero-order valence-corrected chi connectivity index (χ0v) is 26.1. The number of nitrogens with one attached hydrogen (secondary N) is 3. The van der Waals surface area contributed by atoms with Crippen LogP contribution in [0.3, 0.4) is 0 Å². The number of carboxylic acids is 1. The van der Waals surface area contributed by atoms with Crippen LogP contribution >= 0.6 is 11.3 Å². The van der Waals surface area contributed by atoms with Crippen molar-refractivity contribution in [1.82, 2.24) is 25.8 Å². The molecule has 236 valence electrons. The maximum absolute atomic E-state index is 13.4. The Morgan fingerprint density at radius 2 is 1.84 bits per heavy atom. The van der Waals surface area contributed by atoms with Crippen LogP contribution in [-0.4, -0.2) is 85.4 Å². The van der Waals surface area contributed by atoms with Crippen LogP contribution < -0.4 is 16.0 Å². The highest BCUT2D eigenvalue weighted by molar-refractivity contribution is 7.13. The Morgan fingerprint density at radius 1 is 1.16 bits per heavy atom. The molecule has 3 rings (SSSR count). The van der Waals surface area contributed by atoms with Gasteiger partial charge in [0.25, 0.3) is 0 Å². The first kappa shape index (κ1) is 34.1. The van der Waals surface area contributed by atoms with Crippen molar-refractivity contribution in [2.24, 2.45) is 5.92 Å². The van der Waals surface area contributed by atoms with E-state index in [1.165, 1.54) is 18.7 Å². The standard InChI is InChI=1S/C30H43N5O7S/c1-17(2)12-23(34-30(5,42)11-10-25(37)38)27(39)33-19(4)29(41)35-15-22(36)13-24(35)28(40)31-14-20-6-8-21(9-7-20)26-18(3)32-16-43-26/h6-9,16-17,19,22-24,34,36,42H,10-15H2,1-5H3,(H,31,40)(H,33,39)(H,37,38). The first-order chi connectivity index (χ1) is 20.2. The van der Waals surface area contributed by atoms with Crippen LogP contribution in [0.25, 0.3) is 10.4 Å². The van der Waals surface area contributed by atoms with E-state index in [0.29, 0.717) is 6.42 Å². The van der Waals surface area contributed by atoms with Crippen molar-refractivity contribution in [2.45, 2.75) is 96.8 Å². The molecule has 43 heavy (non-hydrogen) atoms. The molecule has 3 amide bonds. The molecule has 2 heterocycles. The second-order valence-electron chi connectivity index (χ2n) is 11.8. The van der Waals surface area contributed by atoms with E-state index < -0.39 is 53.6 Å². The predicted molar refractivity (Wildman–Crippen MR) is 162 cm³/mol. The van der Waals surface area contributed by atoms with E-state index >= 15 is 0 Å². The molecule has 5 atom stereocenters. The Kier molecular flexibility index (Phi) is 11.8. The first-order valence-electron chi connectivity index (χ1n) is 14.4. The van der Waals surface area contributed by atoms with Gasteiger partial charge in [-0.3, -0.25) is 24.5 Å². The van der Waals surface area contributed by atoms with Gasteiger partial charge in [0.15, 0.2) is 0 Å². The molecule has 0 spiro atoms. The van der Waals surface area contributed by atoms with Gasteiger partial charge in [0.2, 0.25) is 17.7 Å². The number of hydrogen-bond acceptors (Lipinski definition) is 9. The van der Waals surface area contributed by atoms with Crippen LogP contribution in [0.15, 0.2) is 29.8 Å². The quantitative estimate of drug-likeness (QED) is 0.172. The van der Waals surface area contributed by atoms with E-state index in [9.17, 15) is 29.4 Å². The van der Waals surface area contributed by atoms with Crippen LogP contribution in [-0.2, 0) is 25.7 Å². The minimum absolute atomic E-state index is 0.0440. The van der Waals surface area contributed by atoms with Crippen molar-refractivity contribution >= 4 is 35.0 Å². The third kappa shape index (κ3) is 9.82. The highest BCUT2D eigenvalue weighted by Crippen LogP contribution is 2.27. The van der Waals surface area contributed by atoms with Crippen LogP contribution in [0.1, 0.15) is 64.6 Å². The van der Waals surface area contributed by atoms with Crippen molar-refractivity contribution in [2.75, 3.05) is 6.54 Å². The number of aliphatic hydroxyl groups excluding tert-OH is 1. The van der Waals surface area contributed by atoms with Gasteiger partial charge < -0.3 is 30.9 Å². The molecule has 1 aliphatic heterocycles. The van der Waals surface area contributed by atoms with Crippen LogP contribution in [0.5, 0.6) is 0 Å². The van der Waals surface area contributed by atoms with Crippen molar-refractivity contribution in [3.05, 3.63) is 41.0 Å². The number of aliphatic hydroxyl groups is 2. The summed E-state index contributed by atoms with van der Waals surface area (Å²) in [5, 5.41) is 38.3. The number of aliphatic carboxylic acids is 1. The number of benzene rings is 1. The number of rotatable bonds is 14. The summed E-state index contributed by atoms with van der Waals surface area (Å²) < 4.78 is 0. The molecule has 1 aliphatic rings. The van der Waals surface area contributed by atoms with Crippen molar-refractivity contribution < 1.29 is 34.5 Å². The number of carbonyl (C=O) groups excluding carboxylic acids is 3. The van der Waals surface area contributed by atoms with Crippen molar-refractivity contribution in [3.63, 3.8) is 0 Å². The molecule has 13 heteroatoms. The van der Waals surface area contributed by atoms with E-state index in [1.807, 2.05) is 45.0 Å². The van der Waals surface area contributed by atoms with Crippen LogP contribution in [0, 0.1) is 12.8 Å². The van der Waals surface area contributed by atoms with Gasteiger partial charge in [0, 0.05) is 25.9 Å². The number of hydrogen-bond donors (Lipinski definition) is 6. The fourth-order valence-corrected chi connectivity index (χ4v) is 5.90. The number of nitrogens with zero attached hydrogens (tertiary/aromatic N) is 2. The van der Waals surface area contributed by atoms with Gasteiger partial charge >= 0.3 is 5.97 Å². The third-order valence-electron chi connectivity index (χ3n) is 7.36.